The molecule has 7 heteroatoms. The Kier molecular flexibility index (Phi) is 2.92. The van der Waals surface area contributed by atoms with Crippen molar-refractivity contribution in [3.8, 4) is 0 Å². The van der Waals surface area contributed by atoms with Crippen LogP contribution in [0.5, 0.6) is 0 Å². The zero-order valence-corrected chi connectivity index (χ0v) is 10.3. The van der Waals surface area contributed by atoms with Gasteiger partial charge in [-0.1, -0.05) is 12.1 Å². The van der Waals surface area contributed by atoms with E-state index >= 15 is 0 Å². The Morgan fingerprint density at radius 2 is 2.05 bits per heavy atom. The lowest BCUT2D eigenvalue weighted by Gasteiger charge is -2.25. The lowest BCUT2D eigenvalue weighted by molar-refractivity contribution is -0.141. The van der Waals surface area contributed by atoms with E-state index < -0.39 is 23.7 Å². The summed E-state index contributed by atoms with van der Waals surface area (Å²) in [5.74, 6) is -0.108. The molecule has 0 bridgehead atoms. The monoisotopic (exact) mass is 285 g/mol. The molecule has 3 nitrogen and oxygen atoms in total. The number of aromatic nitrogens is 2. The Balaban J connectivity index is 2.04. The van der Waals surface area contributed by atoms with Gasteiger partial charge in [-0.05, 0) is 24.1 Å². The van der Waals surface area contributed by atoms with Crippen molar-refractivity contribution in [1.29, 1.82) is 0 Å². The molecule has 0 saturated carbocycles. The van der Waals surface area contributed by atoms with Gasteiger partial charge >= 0.3 is 6.18 Å². The lowest BCUT2D eigenvalue weighted by Crippen LogP contribution is -2.24. The van der Waals surface area contributed by atoms with Gasteiger partial charge in [-0.25, -0.2) is 9.07 Å². The summed E-state index contributed by atoms with van der Waals surface area (Å²) in [5.41, 5.74) is -0.326. The van der Waals surface area contributed by atoms with Crippen molar-refractivity contribution in [2.24, 2.45) is 0 Å². The van der Waals surface area contributed by atoms with Crippen molar-refractivity contribution in [2.45, 2.75) is 18.6 Å². The van der Waals surface area contributed by atoms with E-state index in [1.165, 1.54) is 16.8 Å². The molecular formula is C13H11F4N3. The van der Waals surface area contributed by atoms with Gasteiger partial charge in [0.2, 0.25) is 0 Å². The molecule has 0 radical (unpaired) electrons. The molecule has 20 heavy (non-hydrogen) atoms. The van der Waals surface area contributed by atoms with Gasteiger partial charge in [0.15, 0.2) is 5.69 Å². The van der Waals surface area contributed by atoms with Crippen LogP contribution in [0.2, 0.25) is 0 Å². The fourth-order valence-electron chi connectivity index (χ4n) is 2.38. The minimum atomic E-state index is -4.49. The van der Waals surface area contributed by atoms with Crippen LogP contribution >= 0.6 is 0 Å². The van der Waals surface area contributed by atoms with E-state index in [0.29, 0.717) is 24.3 Å². The number of benzene rings is 1. The molecule has 0 fully saturated rings. The normalized spacial score (nSPS) is 18.5. The second kappa shape index (κ2) is 4.50. The number of fused-ring (bicyclic) bond motifs is 1. The molecule has 3 rings (SSSR count). The molecular weight excluding hydrogens is 274 g/mol. The molecule has 2 heterocycles. The van der Waals surface area contributed by atoms with Crippen LogP contribution in [-0.2, 0) is 6.18 Å². The standard InChI is InChI=1S/C13H11F4N3/c14-9-3-1-2-8(6-9)10-4-5-18-12-7-11(13(15,16)17)19-20(10)12/h1-3,6-7,10,18H,4-5H2. The Morgan fingerprint density at radius 3 is 2.75 bits per heavy atom. The maximum absolute atomic E-state index is 13.3. The average Bonchev–Trinajstić information content (AvgIpc) is 2.82. The van der Waals surface area contributed by atoms with Crippen molar-refractivity contribution >= 4 is 5.82 Å². The van der Waals surface area contributed by atoms with E-state index in [0.717, 1.165) is 6.07 Å². The molecule has 1 aromatic heterocycles. The summed E-state index contributed by atoms with van der Waals surface area (Å²) in [4.78, 5) is 0. The molecule has 2 aromatic rings. The highest BCUT2D eigenvalue weighted by Crippen LogP contribution is 2.35. The summed E-state index contributed by atoms with van der Waals surface area (Å²) in [6, 6.07) is 6.45. The summed E-state index contributed by atoms with van der Waals surface area (Å²) >= 11 is 0. The number of alkyl halides is 3. The van der Waals surface area contributed by atoms with Crippen LogP contribution in [0.15, 0.2) is 30.3 Å². The van der Waals surface area contributed by atoms with E-state index in [2.05, 4.69) is 10.4 Å². The first-order valence-electron chi connectivity index (χ1n) is 6.11. The van der Waals surface area contributed by atoms with Crippen LogP contribution in [-0.4, -0.2) is 16.3 Å². The molecule has 1 unspecified atom stereocenters. The van der Waals surface area contributed by atoms with E-state index in [1.54, 1.807) is 12.1 Å². The highest BCUT2D eigenvalue weighted by Gasteiger charge is 2.36. The van der Waals surface area contributed by atoms with E-state index in [1.807, 2.05) is 0 Å². The Hall–Kier alpha value is -2.05. The SMILES string of the molecule is Fc1cccc(C2CCNc3cc(C(F)(F)F)nn32)c1. The van der Waals surface area contributed by atoms with Gasteiger partial charge in [0, 0.05) is 12.6 Å². The first kappa shape index (κ1) is 13.0. The van der Waals surface area contributed by atoms with Crippen molar-refractivity contribution in [3.05, 3.63) is 47.4 Å². The van der Waals surface area contributed by atoms with Gasteiger partial charge < -0.3 is 5.32 Å². The third kappa shape index (κ3) is 2.23. The molecule has 106 valence electrons. The van der Waals surface area contributed by atoms with Crippen LogP contribution in [0.4, 0.5) is 23.4 Å². The second-order valence-electron chi connectivity index (χ2n) is 4.64. The molecule has 1 atom stereocenters. The molecule has 0 spiro atoms. The Labute approximate surface area is 112 Å². The summed E-state index contributed by atoms with van der Waals surface area (Å²) < 4.78 is 52.7. The number of hydrogen-bond donors (Lipinski definition) is 1. The molecule has 1 aromatic carbocycles. The van der Waals surface area contributed by atoms with Gasteiger partial charge in [0.1, 0.15) is 11.6 Å². The van der Waals surface area contributed by atoms with Crippen molar-refractivity contribution in [2.75, 3.05) is 11.9 Å². The predicted molar refractivity (Wildman–Crippen MR) is 64.9 cm³/mol. The maximum atomic E-state index is 13.3. The number of rotatable bonds is 1. The average molecular weight is 285 g/mol. The molecule has 0 saturated heterocycles. The summed E-state index contributed by atoms with van der Waals surface area (Å²) in [6.07, 6.45) is -3.94. The lowest BCUT2D eigenvalue weighted by atomic mass is 10.0. The van der Waals surface area contributed by atoms with Crippen molar-refractivity contribution in [1.82, 2.24) is 9.78 Å². The number of anilines is 1. The van der Waals surface area contributed by atoms with Gasteiger partial charge in [0.25, 0.3) is 0 Å². The van der Waals surface area contributed by atoms with Crippen LogP contribution in [0.1, 0.15) is 23.7 Å². The minimum absolute atomic E-state index is 0.304. The third-order valence-corrected chi connectivity index (χ3v) is 3.28. The zero-order valence-electron chi connectivity index (χ0n) is 10.3. The molecule has 1 aliphatic rings. The highest BCUT2D eigenvalue weighted by molar-refractivity contribution is 5.42. The molecule has 1 N–H and O–H groups in total. The van der Waals surface area contributed by atoms with Gasteiger partial charge in [-0.3, -0.25) is 0 Å². The van der Waals surface area contributed by atoms with Crippen molar-refractivity contribution < 1.29 is 17.6 Å². The fraction of sp³-hybridized carbons (Fsp3) is 0.308. The largest absolute Gasteiger partial charge is 0.435 e. The smallest absolute Gasteiger partial charge is 0.370 e. The van der Waals surface area contributed by atoms with E-state index in [9.17, 15) is 17.6 Å². The molecule has 0 amide bonds. The number of nitrogens with zero attached hydrogens (tertiary/aromatic N) is 2. The minimum Gasteiger partial charge on any atom is -0.370 e. The maximum Gasteiger partial charge on any atom is 0.435 e. The third-order valence-electron chi connectivity index (χ3n) is 3.28. The highest BCUT2D eigenvalue weighted by atomic mass is 19.4. The number of nitrogens with one attached hydrogen (secondary N) is 1. The van der Waals surface area contributed by atoms with Gasteiger partial charge in [-0.2, -0.15) is 18.3 Å². The van der Waals surface area contributed by atoms with Crippen LogP contribution in [0, 0.1) is 5.82 Å². The van der Waals surface area contributed by atoms with Crippen LogP contribution in [0.3, 0.4) is 0 Å². The number of halogens is 4. The Bertz CT molecular complexity index is 633. The van der Waals surface area contributed by atoms with E-state index in [-0.39, 0.29) is 0 Å². The summed E-state index contributed by atoms with van der Waals surface area (Å²) in [6.45, 7) is 0.518. The summed E-state index contributed by atoms with van der Waals surface area (Å²) in [7, 11) is 0. The first-order chi connectivity index (χ1) is 9.45. The van der Waals surface area contributed by atoms with Gasteiger partial charge in [0.05, 0.1) is 6.04 Å². The quantitative estimate of drug-likeness (QED) is 0.813. The predicted octanol–water partition coefficient (Wildman–Crippen LogP) is 3.45. The van der Waals surface area contributed by atoms with Crippen LogP contribution < -0.4 is 5.32 Å². The Morgan fingerprint density at radius 1 is 1.25 bits per heavy atom. The molecule has 1 aliphatic heterocycles. The van der Waals surface area contributed by atoms with Gasteiger partial charge in [-0.15, -0.1) is 0 Å². The first-order valence-corrected chi connectivity index (χ1v) is 6.11. The van der Waals surface area contributed by atoms with Crippen molar-refractivity contribution in [3.63, 3.8) is 0 Å². The van der Waals surface area contributed by atoms with E-state index in [4.69, 9.17) is 0 Å². The topological polar surface area (TPSA) is 29.9 Å². The van der Waals surface area contributed by atoms with Crippen LogP contribution in [0.25, 0.3) is 0 Å². The fourth-order valence-corrected chi connectivity index (χ4v) is 2.38. The zero-order chi connectivity index (χ0) is 14.3. The summed E-state index contributed by atoms with van der Waals surface area (Å²) in [5, 5.41) is 6.49. The number of hydrogen-bond acceptors (Lipinski definition) is 2. The second-order valence-corrected chi connectivity index (χ2v) is 4.64. The molecule has 0 aliphatic carbocycles.